The SMILES string of the molecule is CC1(C)[C@H]([C@H](Br)[C@@](F)(Cl)Br)[C@H]1C(=O)OCc1cccc(Oc2ccccc2)c1. The maximum Gasteiger partial charge on any atom is 0.310 e. The molecule has 0 saturated heterocycles. The monoisotopic (exact) mass is 532 g/mol. The predicted octanol–water partition coefficient (Wildman–Crippen LogP) is 6.81. The van der Waals surface area contributed by atoms with Crippen LogP contribution in [0.1, 0.15) is 19.4 Å². The van der Waals surface area contributed by atoms with Gasteiger partial charge in [-0.25, -0.2) is 4.39 Å². The van der Waals surface area contributed by atoms with Gasteiger partial charge >= 0.3 is 5.97 Å². The Hall–Kier alpha value is -1.11. The third kappa shape index (κ3) is 4.89. The van der Waals surface area contributed by atoms with Crippen molar-refractivity contribution in [3.8, 4) is 11.5 Å². The minimum atomic E-state index is -2.12. The molecule has 7 heteroatoms. The number of benzene rings is 2. The van der Waals surface area contributed by atoms with E-state index in [9.17, 15) is 9.18 Å². The second-order valence-corrected chi connectivity index (χ2v) is 10.6. The number of hydrogen-bond donors (Lipinski definition) is 0. The first-order valence-electron chi connectivity index (χ1n) is 8.80. The first kappa shape index (κ1) is 21.6. The van der Waals surface area contributed by atoms with Crippen LogP contribution >= 0.6 is 43.5 Å². The molecule has 1 aliphatic rings. The van der Waals surface area contributed by atoms with Gasteiger partial charge in [0.25, 0.3) is 0 Å². The lowest BCUT2D eigenvalue weighted by atomic mass is 10.1. The number of hydrogen-bond acceptors (Lipinski definition) is 3. The molecule has 28 heavy (non-hydrogen) atoms. The zero-order valence-corrected chi connectivity index (χ0v) is 19.3. The molecule has 1 aliphatic carbocycles. The van der Waals surface area contributed by atoms with Gasteiger partial charge in [0.05, 0.1) is 10.7 Å². The maximum atomic E-state index is 14.0. The first-order valence-corrected chi connectivity index (χ1v) is 10.9. The Morgan fingerprint density at radius 2 is 1.86 bits per heavy atom. The van der Waals surface area contributed by atoms with Crippen LogP contribution < -0.4 is 4.74 Å². The van der Waals surface area contributed by atoms with Crippen molar-refractivity contribution in [3.05, 3.63) is 60.2 Å². The summed E-state index contributed by atoms with van der Waals surface area (Å²) in [6.45, 7) is 3.93. The van der Waals surface area contributed by atoms with E-state index in [2.05, 4.69) is 31.9 Å². The normalized spacial score (nSPS) is 23.4. The van der Waals surface area contributed by atoms with E-state index in [0.29, 0.717) is 5.75 Å². The molecular formula is C21H20Br2ClFO3. The van der Waals surface area contributed by atoms with Crippen LogP contribution in [-0.4, -0.2) is 14.8 Å². The lowest BCUT2D eigenvalue weighted by Crippen LogP contribution is -2.24. The highest BCUT2D eigenvalue weighted by Gasteiger charge is 2.68. The molecule has 0 radical (unpaired) electrons. The van der Waals surface area contributed by atoms with Crippen molar-refractivity contribution in [2.75, 3.05) is 0 Å². The van der Waals surface area contributed by atoms with Gasteiger partial charge in [0.1, 0.15) is 18.1 Å². The average Bonchev–Trinajstić information content (AvgIpc) is 3.21. The fourth-order valence-electron chi connectivity index (χ4n) is 3.45. The number of para-hydroxylation sites is 1. The lowest BCUT2D eigenvalue weighted by Gasteiger charge is -2.18. The lowest BCUT2D eigenvalue weighted by molar-refractivity contribution is -0.147. The zero-order chi connectivity index (χ0) is 20.5. The van der Waals surface area contributed by atoms with Gasteiger partial charge in [0, 0.05) is 0 Å². The molecule has 2 aromatic rings. The van der Waals surface area contributed by atoms with E-state index in [0.717, 1.165) is 11.3 Å². The van der Waals surface area contributed by atoms with Gasteiger partial charge in [0.2, 0.25) is 4.04 Å². The summed E-state index contributed by atoms with van der Waals surface area (Å²) in [6, 6.07) is 16.8. The summed E-state index contributed by atoms with van der Waals surface area (Å²) in [5, 5.41) is 0. The number of esters is 1. The molecule has 3 nitrogen and oxygen atoms in total. The Morgan fingerprint density at radius 3 is 2.50 bits per heavy atom. The molecule has 1 saturated carbocycles. The molecule has 0 unspecified atom stereocenters. The highest BCUT2D eigenvalue weighted by Crippen LogP contribution is 2.65. The number of alkyl halides is 4. The van der Waals surface area contributed by atoms with E-state index in [-0.39, 0.29) is 18.5 Å². The molecule has 4 atom stereocenters. The molecule has 2 aromatic carbocycles. The second kappa shape index (κ2) is 8.33. The van der Waals surface area contributed by atoms with Crippen LogP contribution in [0.25, 0.3) is 0 Å². The summed E-state index contributed by atoms with van der Waals surface area (Å²) >= 11 is 11.8. The number of ether oxygens (including phenoxy) is 2. The van der Waals surface area contributed by atoms with Crippen molar-refractivity contribution >= 4 is 49.4 Å². The van der Waals surface area contributed by atoms with Crippen LogP contribution in [0.15, 0.2) is 54.6 Å². The van der Waals surface area contributed by atoms with Crippen molar-refractivity contribution < 1.29 is 18.7 Å². The molecule has 0 N–H and O–H groups in total. The van der Waals surface area contributed by atoms with E-state index in [1.54, 1.807) is 0 Å². The first-order chi connectivity index (χ1) is 13.1. The summed E-state index contributed by atoms with van der Waals surface area (Å²) in [5.41, 5.74) is 0.411. The summed E-state index contributed by atoms with van der Waals surface area (Å²) in [6.07, 6.45) is 0. The van der Waals surface area contributed by atoms with Crippen molar-refractivity contribution in [3.63, 3.8) is 0 Å². The van der Waals surface area contributed by atoms with Crippen LogP contribution in [0.3, 0.4) is 0 Å². The molecule has 0 spiro atoms. The summed E-state index contributed by atoms with van der Waals surface area (Å²) < 4.78 is 23.2. The molecule has 0 aromatic heterocycles. The van der Waals surface area contributed by atoms with Gasteiger partial charge in [-0.05, 0) is 57.1 Å². The molecule has 0 amide bonds. The smallest absolute Gasteiger partial charge is 0.310 e. The second-order valence-electron chi connectivity index (χ2n) is 7.44. The number of carbonyl (C=O) groups excluding carboxylic acids is 1. The van der Waals surface area contributed by atoms with Crippen LogP contribution in [0, 0.1) is 17.3 Å². The van der Waals surface area contributed by atoms with Gasteiger partial charge in [-0.3, -0.25) is 4.79 Å². The molecule has 0 aliphatic heterocycles. The van der Waals surface area contributed by atoms with E-state index < -0.39 is 20.2 Å². The van der Waals surface area contributed by atoms with Crippen LogP contribution in [0.2, 0.25) is 0 Å². The minimum Gasteiger partial charge on any atom is -0.461 e. The Bertz CT molecular complexity index is 839. The maximum absolute atomic E-state index is 14.0. The number of rotatable bonds is 7. The molecule has 0 bridgehead atoms. The highest BCUT2D eigenvalue weighted by atomic mass is 79.9. The van der Waals surface area contributed by atoms with Gasteiger partial charge in [0.15, 0.2) is 0 Å². The van der Waals surface area contributed by atoms with E-state index in [1.807, 2.05) is 68.4 Å². The molecular weight excluding hydrogens is 514 g/mol. The molecule has 1 fully saturated rings. The topological polar surface area (TPSA) is 35.5 Å². The van der Waals surface area contributed by atoms with Gasteiger partial charge in [-0.2, -0.15) is 0 Å². The van der Waals surface area contributed by atoms with Crippen molar-refractivity contribution in [1.82, 2.24) is 0 Å². The Balaban J connectivity index is 1.60. The molecule has 3 rings (SSSR count). The third-order valence-corrected chi connectivity index (χ3v) is 7.86. The zero-order valence-electron chi connectivity index (χ0n) is 15.4. The van der Waals surface area contributed by atoms with Crippen molar-refractivity contribution in [2.45, 2.75) is 29.3 Å². The van der Waals surface area contributed by atoms with Gasteiger partial charge in [-0.1, -0.05) is 71.7 Å². The van der Waals surface area contributed by atoms with Crippen LogP contribution in [-0.2, 0) is 16.1 Å². The fraction of sp³-hybridized carbons (Fsp3) is 0.381. The summed E-state index contributed by atoms with van der Waals surface area (Å²) in [5.74, 6) is 0.339. The minimum absolute atomic E-state index is 0.118. The Labute approximate surface area is 185 Å². The van der Waals surface area contributed by atoms with Crippen molar-refractivity contribution in [1.29, 1.82) is 0 Å². The van der Waals surface area contributed by atoms with E-state index >= 15 is 0 Å². The third-order valence-electron chi connectivity index (χ3n) is 5.05. The van der Waals surface area contributed by atoms with Crippen LogP contribution in [0.4, 0.5) is 4.39 Å². The quantitative estimate of drug-likeness (QED) is 0.289. The molecule has 150 valence electrons. The van der Waals surface area contributed by atoms with Crippen molar-refractivity contribution in [2.24, 2.45) is 17.3 Å². The average molecular weight is 535 g/mol. The largest absolute Gasteiger partial charge is 0.461 e. The predicted molar refractivity (Wildman–Crippen MR) is 115 cm³/mol. The van der Waals surface area contributed by atoms with E-state index in [4.69, 9.17) is 21.1 Å². The Kier molecular flexibility index (Phi) is 6.42. The number of carbonyl (C=O) groups is 1. The fourth-order valence-corrected chi connectivity index (χ4v) is 4.85. The standard InChI is InChI=1S/C21H20Br2ClFO3/c1-20(2)16(18(22)21(23,24)25)17(20)19(26)27-12-13-7-6-10-15(11-13)28-14-8-4-3-5-9-14/h3-11,16-18H,12H2,1-2H3/t16-,17-,18-,21-/m0/s1. The van der Waals surface area contributed by atoms with Gasteiger partial charge < -0.3 is 9.47 Å². The van der Waals surface area contributed by atoms with Gasteiger partial charge in [-0.15, -0.1) is 0 Å². The van der Waals surface area contributed by atoms with Crippen LogP contribution in [0.5, 0.6) is 11.5 Å². The Morgan fingerprint density at radius 1 is 1.21 bits per heavy atom. The summed E-state index contributed by atoms with van der Waals surface area (Å²) in [4.78, 5) is 11.8. The highest BCUT2D eigenvalue weighted by molar-refractivity contribution is 9.13. The number of halogens is 4. The molecule has 0 heterocycles. The van der Waals surface area contributed by atoms with E-state index in [1.165, 1.54) is 0 Å². The summed E-state index contributed by atoms with van der Waals surface area (Å²) in [7, 11) is 0.